The summed E-state index contributed by atoms with van der Waals surface area (Å²) in [6.45, 7) is 3.55. The van der Waals surface area contributed by atoms with E-state index in [-0.39, 0.29) is 18.7 Å². The number of nitrogens with zero attached hydrogens (tertiary/aromatic N) is 2. The molecule has 7 heteroatoms. The van der Waals surface area contributed by atoms with Crippen molar-refractivity contribution in [3.8, 4) is 0 Å². The minimum absolute atomic E-state index is 0.0149. The summed E-state index contributed by atoms with van der Waals surface area (Å²) in [5.74, 6) is -1.35. The molecule has 0 aliphatic carbocycles. The molecular formula is C12H13FN2O4. The number of nitro benzene ring substituents is 1. The van der Waals surface area contributed by atoms with Crippen LogP contribution in [-0.4, -0.2) is 23.2 Å². The number of hydrogen-bond acceptors (Lipinski definition) is 5. The Balaban J connectivity index is 2.89. The second-order valence-corrected chi connectivity index (χ2v) is 3.72. The van der Waals surface area contributed by atoms with Gasteiger partial charge in [-0.05, 0) is 26.0 Å². The van der Waals surface area contributed by atoms with E-state index >= 15 is 0 Å². The molecule has 0 unspecified atom stereocenters. The van der Waals surface area contributed by atoms with E-state index in [1.54, 1.807) is 13.8 Å². The van der Waals surface area contributed by atoms with Gasteiger partial charge in [0.15, 0.2) is 0 Å². The van der Waals surface area contributed by atoms with Gasteiger partial charge in [-0.15, -0.1) is 0 Å². The first-order chi connectivity index (χ1) is 8.93. The molecule has 0 N–H and O–H groups in total. The minimum Gasteiger partial charge on any atom is -0.466 e. The summed E-state index contributed by atoms with van der Waals surface area (Å²) >= 11 is 0. The Morgan fingerprint density at radius 3 is 2.79 bits per heavy atom. The lowest BCUT2D eigenvalue weighted by molar-refractivity contribution is -0.387. The molecule has 0 fully saturated rings. The van der Waals surface area contributed by atoms with Crippen molar-refractivity contribution in [2.24, 2.45) is 4.99 Å². The van der Waals surface area contributed by atoms with E-state index in [1.807, 2.05) is 0 Å². The molecule has 0 saturated heterocycles. The quantitative estimate of drug-likeness (QED) is 0.356. The summed E-state index contributed by atoms with van der Waals surface area (Å²) in [5, 5.41) is 10.6. The Morgan fingerprint density at radius 1 is 1.53 bits per heavy atom. The molecule has 0 radical (unpaired) electrons. The lowest BCUT2D eigenvalue weighted by Gasteiger charge is -2.02. The van der Waals surface area contributed by atoms with E-state index < -0.39 is 22.4 Å². The zero-order chi connectivity index (χ0) is 14.4. The fourth-order valence-electron chi connectivity index (χ4n) is 1.39. The van der Waals surface area contributed by atoms with Crippen molar-refractivity contribution >= 4 is 23.1 Å². The van der Waals surface area contributed by atoms with Crippen LogP contribution in [0.1, 0.15) is 20.3 Å². The fourth-order valence-corrected chi connectivity index (χ4v) is 1.39. The normalized spacial score (nSPS) is 11.2. The van der Waals surface area contributed by atoms with Gasteiger partial charge >= 0.3 is 11.7 Å². The Hall–Kier alpha value is -2.31. The molecule has 1 aromatic rings. The van der Waals surface area contributed by atoms with E-state index in [4.69, 9.17) is 4.74 Å². The number of rotatable bonds is 5. The van der Waals surface area contributed by atoms with Crippen LogP contribution in [0.25, 0.3) is 0 Å². The average molecular weight is 268 g/mol. The molecule has 19 heavy (non-hydrogen) atoms. The highest BCUT2D eigenvalue weighted by Crippen LogP contribution is 2.23. The third-order valence-corrected chi connectivity index (χ3v) is 2.15. The number of aliphatic imine (C=N–C) groups is 1. The molecule has 0 aliphatic heterocycles. The first-order valence-corrected chi connectivity index (χ1v) is 5.57. The lowest BCUT2D eigenvalue weighted by Crippen LogP contribution is -2.08. The summed E-state index contributed by atoms with van der Waals surface area (Å²) in [7, 11) is 0. The third-order valence-electron chi connectivity index (χ3n) is 2.15. The van der Waals surface area contributed by atoms with E-state index in [1.165, 1.54) is 6.07 Å². The van der Waals surface area contributed by atoms with Crippen molar-refractivity contribution in [2.75, 3.05) is 6.61 Å². The molecule has 0 bridgehead atoms. The van der Waals surface area contributed by atoms with Crippen molar-refractivity contribution < 1.29 is 18.8 Å². The van der Waals surface area contributed by atoms with Crippen LogP contribution in [0.4, 0.5) is 15.8 Å². The van der Waals surface area contributed by atoms with Gasteiger partial charge in [-0.25, -0.2) is 0 Å². The Morgan fingerprint density at radius 2 is 2.21 bits per heavy atom. The van der Waals surface area contributed by atoms with Crippen LogP contribution in [0.5, 0.6) is 0 Å². The number of ether oxygens (including phenoxy) is 1. The second kappa shape index (κ2) is 6.58. The highest BCUT2D eigenvalue weighted by molar-refractivity contribution is 5.98. The molecule has 0 aromatic heterocycles. The van der Waals surface area contributed by atoms with Crippen molar-refractivity contribution in [1.29, 1.82) is 0 Å². The second-order valence-electron chi connectivity index (χ2n) is 3.72. The SMILES string of the molecule is CCOC(=O)CC(C)=Nc1ccc(F)c([N+](=O)[O-])c1. The van der Waals surface area contributed by atoms with E-state index in [0.717, 1.165) is 12.1 Å². The first-order valence-electron chi connectivity index (χ1n) is 5.57. The standard InChI is InChI=1S/C12H13FN2O4/c1-3-19-12(16)6-8(2)14-9-4-5-10(13)11(7-9)15(17)18/h4-5,7H,3,6H2,1-2H3. The van der Waals surface area contributed by atoms with Gasteiger partial charge in [0.25, 0.3) is 0 Å². The van der Waals surface area contributed by atoms with Gasteiger partial charge in [-0.1, -0.05) is 0 Å². The first kappa shape index (κ1) is 14.7. The topological polar surface area (TPSA) is 81.8 Å². The molecule has 0 atom stereocenters. The lowest BCUT2D eigenvalue weighted by atomic mass is 10.2. The van der Waals surface area contributed by atoms with Gasteiger partial charge in [-0.3, -0.25) is 19.9 Å². The highest BCUT2D eigenvalue weighted by atomic mass is 19.1. The molecule has 0 spiro atoms. The van der Waals surface area contributed by atoms with Crippen LogP contribution in [0, 0.1) is 15.9 Å². The number of halogens is 1. The maximum absolute atomic E-state index is 13.1. The van der Waals surface area contributed by atoms with E-state index in [2.05, 4.69) is 4.99 Å². The number of nitro groups is 1. The summed E-state index contributed by atoms with van der Waals surface area (Å²) in [6, 6.07) is 3.29. The summed E-state index contributed by atoms with van der Waals surface area (Å²) in [6.07, 6.45) is -0.0149. The predicted molar refractivity (Wildman–Crippen MR) is 67.1 cm³/mol. The molecule has 0 saturated carbocycles. The summed E-state index contributed by atoms with van der Waals surface area (Å²) in [4.78, 5) is 25.0. The molecule has 102 valence electrons. The van der Waals surface area contributed by atoms with Crippen LogP contribution in [0.3, 0.4) is 0 Å². The van der Waals surface area contributed by atoms with Gasteiger partial charge in [0.1, 0.15) is 0 Å². The zero-order valence-electron chi connectivity index (χ0n) is 10.6. The van der Waals surface area contributed by atoms with E-state index in [0.29, 0.717) is 5.71 Å². The van der Waals surface area contributed by atoms with Crippen LogP contribution in [0.2, 0.25) is 0 Å². The number of carbonyl (C=O) groups is 1. The molecule has 6 nitrogen and oxygen atoms in total. The Kier molecular flexibility index (Phi) is 5.11. The van der Waals surface area contributed by atoms with Gasteiger partial charge in [-0.2, -0.15) is 4.39 Å². The largest absolute Gasteiger partial charge is 0.466 e. The van der Waals surface area contributed by atoms with Crippen LogP contribution in [0.15, 0.2) is 23.2 Å². The Labute approximate surface area is 109 Å². The predicted octanol–water partition coefficient (Wildman–Crippen LogP) is 2.78. The van der Waals surface area contributed by atoms with Crippen molar-refractivity contribution in [3.63, 3.8) is 0 Å². The molecule has 0 heterocycles. The van der Waals surface area contributed by atoms with E-state index in [9.17, 15) is 19.3 Å². The highest BCUT2D eigenvalue weighted by Gasteiger charge is 2.14. The van der Waals surface area contributed by atoms with Crippen LogP contribution >= 0.6 is 0 Å². The number of benzene rings is 1. The van der Waals surface area contributed by atoms with Crippen molar-refractivity contribution in [1.82, 2.24) is 0 Å². The average Bonchev–Trinajstić information content (AvgIpc) is 2.31. The number of esters is 1. The Bertz CT molecular complexity index is 528. The van der Waals surface area contributed by atoms with Gasteiger partial charge < -0.3 is 4.74 Å². The zero-order valence-corrected chi connectivity index (χ0v) is 10.6. The van der Waals surface area contributed by atoms with Crippen molar-refractivity contribution in [3.05, 3.63) is 34.1 Å². The van der Waals surface area contributed by atoms with Gasteiger partial charge in [0.05, 0.1) is 23.6 Å². The monoisotopic (exact) mass is 268 g/mol. The minimum atomic E-state index is -0.924. The fraction of sp³-hybridized carbons (Fsp3) is 0.333. The van der Waals surface area contributed by atoms with Crippen LogP contribution in [-0.2, 0) is 9.53 Å². The third kappa shape index (κ3) is 4.46. The maximum Gasteiger partial charge on any atom is 0.311 e. The number of hydrogen-bond donors (Lipinski definition) is 0. The molecule has 1 rings (SSSR count). The van der Waals surface area contributed by atoms with Gasteiger partial charge in [0.2, 0.25) is 5.82 Å². The van der Waals surface area contributed by atoms with Crippen molar-refractivity contribution in [2.45, 2.75) is 20.3 Å². The summed E-state index contributed by atoms with van der Waals surface area (Å²) < 4.78 is 17.8. The molecular weight excluding hydrogens is 255 g/mol. The molecule has 0 aliphatic rings. The smallest absolute Gasteiger partial charge is 0.311 e. The van der Waals surface area contributed by atoms with Gasteiger partial charge in [0, 0.05) is 11.8 Å². The van der Waals surface area contributed by atoms with Crippen LogP contribution < -0.4 is 0 Å². The summed E-state index contributed by atoms with van der Waals surface area (Å²) in [5.41, 5.74) is -0.000519. The maximum atomic E-state index is 13.1. The number of carbonyl (C=O) groups excluding carboxylic acids is 1. The molecule has 0 amide bonds. The molecule has 1 aromatic carbocycles.